The van der Waals surface area contributed by atoms with E-state index in [0.29, 0.717) is 47.9 Å². The molecule has 3 amide bonds. The Morgan fingerprint density at radius 1 is 1.02 bits per heavy atom. The summed E-state index contributed by atoms with van der Waals surface area (Å²) in [6, 6.07) is 12.1. The summed E-state index contributed by atoms with van der Waals surface area (Å²) in [6.45, 7) is 13.8. The lowest BCUT2D eigenvalue weighted by Gasteiger charge is -2.34. The number of carbonyl (C=O) groups is 3. The number of anilines is 1. The zero-order chi connectivity index (χ0) is 35.1. The van der Waals surface area contributed by atoms with Crippen molar-refractivity contribution < 1.29 is 19.1 Å². The maximum absolute atomic E-state index is 13.5. The van der Waals surface area contributed by atoms with Crippen LogP contribution < -0.4 is 20.7 Å². The molecule has 256 valence electrons. The van der Waals surface area contributed by atoms with Gasteiger partial charge in [-0.05, 0) is 36.9 Å². The number of carbonyl (C=O) groups excluding carboxylic acids is 3. The fourth-order valence-corrected chi connectivity index (χ4v) is 6.03. The van der Waals surface area contributed by atoms with Gasteiger partial charge in [0, 0.05) is 35.5 Å². The summed E-state index contributed by atoms with van der Waals surface area (Å²) >= 11 is 0. The van der Waals surface area contributed by atoms with E-state index >= 15 is 0 Å². The van der Waals surface area contributed by atoms with Crippen LogP contribution in [0.5, 0.6) is 5.75 Å². The smallest absolute Gasteiger partial charge is 0.321 e. The molecular formula is C36H43N9O4. The molecule has 6 rings (SSSR count). The van der Waals surface area contributed by atoms with Crippen LogP contribution >= 0.6 is 0 Å². The fourth-order valence-electron chi connectivity index (χ4n) is 6.03. The third-order valence-corrected chi connectivity index (χ3v) is 8.70. The number of aromatic nitrogens is 5. The standard InChI is InChI=1S/C36H43N9O4/c1-34(2,3)27-16-28(39-29(38-27)17-37-31(47)22-18-44(7)19-22)40-33(48)41-36(21-46)15-14-26(24-10-8-9-11-25(24)36)49-23-12-13-30-42-43-32(35(4,5)6)45(30)20-23/h8-16,20-22,26H,17-19H2,1-7H3,(H,37,47)(H2,38,39,40,41,48)/t26-,36-/m1/s1. The Labute approximate surface area is 285 Å². The molecule has 1 aliphatic carbocycles. The fraction of sp³-hybridized carbons (Fsp3) is 0.417. The van der Waals surface area contributed by atoms with Gasteiger partial charge in [-0.2, -0.15) is 0 Å². The molecule has 0 unspecified atom stereocenters. The highest BCUT2D eigenvalue weighted by atomic mass is 16.5. The minimum absolute atomic E-state index is 0.0537. The Bertz CT molecular complexity index is 1930. The van der Waals surface area contributed by atoms with Crippen molar-refractivity contribution in [3.8, 4) is 5.75 Å². The van der Waals surface area contributed by atoms with Crippen molar-refractivity contribution in [1.29, 1.82) is 0 Å². The summed E-state index contributed by atoms with van der Waals surface area (Å²) in [5.74, 6) is 1.91. The van der Waals surface area contributed by atoms with Crippen LogP contribution in [0.1, 0.15) is 76.1 Å². The summed E-state index contributed by atoms with van der Waals surface area (Å²) in [4.78, 5) is 50.2. The van der Waals surface area contributed by atoms with Gasteiger partial charge < -0.3 is 20.3 Å². The number of hydrogen-bond acceptors (Lipinski definition) is 9. The number of pyridine rings is 1. The molecule has 0 radical (unpaired) electrons. The van der Waals surface area contributed by atoms with Gasteiger partial charge in [-0.15, -0.1) is 10.2 Å². The van der Waals surface area contributed by atoms with Gasteiger partial charge in [0.25, 0.3) is 0 Å². The van der Waals surface area contributed by atoms with Gasteiger partial charge in [0.1, 0.15) is 34.9 Å². The number of urea groups is 1. The van der Waals surface area contributed by atoms with Crippen LogP contribution in [-0.4, -0.2) is 67.8 Å². The van der Waals surface area contributed by atoms with E-state index in [0.717, 1.165) is 11.4 Å². The maximum Gasteiger partial charge on any atom is 0.321 e. The molecule has 4 aromatic rings. The number of aldehydes is 1. The number of hydrogen-bond donors (Lipinski definition) is 3. The van der Waals surface area contributed by atoms with Gasteiger partial charge in [-0.1, -0.05) is 65.8 Å². The van der Waals surface area contributed by atoms with Gasteiger partial charge in [0.15, 0.2) is 11.9 Å². The molecule has 2 aliphatic rings. The zero-order valence-corrected chi connectivity index (χ0v) is 28.9. The number of benzene rings is 1. The molecule has 1 fully saturated rings. The van der Waals surface area contributed by atoms with Crippen LogP contribution in [0.4, 0.5) is 10.6 Å². The third-order valence-electron chi connectivity index (χ3n) is 8.70. The lowest BCUT2D eigenvalue weighted by molar-refractivity contribution is -0.129. The number of fused-ring (bicyclic) bond motifs is 2. The average molecular weight is 666 g/mol. The Hall–Kier alpha value is -5.17. The molecule has 0 bridgehead atoms. The van der Waals surface area contributed by atoms with Crippen molar-refractivity contribution >= 4 is 29.7 Å². The summed E-state index contributed by atoms with van der Waals surface area (Å²) in [5.41, 5.74) is 0.659. The quantitative estimate of drug-likeness (QED) is 0.186. The van der Waals surface area contributed by atoms with E-state index < -0.39 is 17.7 Å². The van der Waals surface area contributed by atoms with Crippen LogP contribution in [0, 0.1) is 5.92 Å². The second-order valence-electron chi connectivity index (χ2n) is 14.9. The highest BCUT2D eigenvalue weighted by Gasteiger charge is 2.39. The first kappa shape index (κ1) is 33.7. The van der Waals surface area contributed by atoms with E-state index in [1.165, 1.54) is 0 Å². The summed E-state index contributed by atoms with van der Waals surface area (Å²) in [7, 11) is 1.97. The van der Waals surface area contributed by atoms with Gasteiger partial charge in [0.05, 0.1) is 24.4 Å². The molecule has 4 heterocycles. The van der Waals surface area contributed by atoms with Crippen molar-refractivity contribution in [3.63, 3.8) is 0 Å². The SMILES string of the molecule is CN1CC(C(=O)NCc2nc(NC(=O)N[C@@]3(C=O)C=C[C@@H](Oc4ccc5nnc(C(C)(C)C)n5c4)c4ccccc43)cc(C(C)(C)C)n2)C1. The maximum atomic E-state index is 13.5. The van der Waals surface area contributed by atoms with Gasteiger partial charge in [0.2, 0.25) is 5.91 Å². The van der Waals surface area contributed by atoms with E-state index in [1.807, 2.05) is 68.7 Å². The molecule has 0 spiro atoms. The topological polar surface area (TPSA) is 156 Å². The summed E-state index contributed by atoms with van der Waals surface area (Å²) in [6.07, 6.45) is 5.44. The van der Waals surface area contributed by atoms with Gasteiger partial charge in [-0.25, -0.2) is 14.8 Å². The highest BCUT2D eigenvalue weighted by Crippen LogP contribution is 2.37. The molecule has 0 saturated carbocycles. The average Bonchev–Trinajstić information content (AvgIpc) is 3.47. The normalized spacial score (nSPS) is 19.5. The molecule has 3 N–H and O–H groups in total. The van der Waals surface area contributed by atoms with E-state index in [4.69, 9.17) is 4.74 Å². The Kier molecular flexibility index (Phi) is 8.74. The number of likely N-dealkylation sites (tertiary alicyclic amines) is 1. The molecule has 13 nitrogen and oxygen atoms in total. The molecule has 1 aromatic carbocycles. The van der Waals surface area contributed by atoms with Crippen LogP contribution in [0.25, 0.3) is 5.65 Å². The van der Waals surface area contributed by atoms with Crippen molar-refractivity contribution in [3.05, 3.63) is 89.3 Å². The molecule has 1 aliphatic heterocycles. The minimum atomic E-state index is -1.47. The molecule has 13 heteroatoms. The lowest BCUT2D eigenvalue weighted by atomic mass is 9.81. The van der Waals surface area contributed by atoms with Crippen LogP contribution in [-0.2, 0) is 32.5 Å². The van der Waals surface area contributed by atoms with E-state index in [2.05, 4.69) is 61.8 Å². The first-order valence-electron chi connectivity index (χ1n) is 16.4. The predicted octanol–water partition coefficient (Wildman–Crippen LogP) is 4.20. The molecule has 2 atom stereocenters. The second-order valence-corrected chi connectivity index (χ2v) is 14.9. The number of ether oxygens (including phenoxy) is 1. The number of nitrogens with zero attached hydrogens (tertiary/aromatic N) is 6. The van der Waals surface area contributed by atoms with Crippen molar-refractivity contribution in [2.45, 2.75) is 70.6 Å². The minimum Gasteiger partial charge on any atom is -0.480 e. The number of rotatable bonds is 8. The van der Waals surface area contributed by atoms with Crippen molar-refractivity contribution in [1.82, 2.24) is 40.1 Å². The third kappa shape index (κ3) is 7.02. The first-order valence-corrected chi connectivity index (χ1v) is 16.4. The first-order chi connectivity index (χ1) is 23.1. The van der Waals surface area contributed by atoms with E-state index in [-0.39, 0.29) is 35.0 Å². The van der Waals surface area contributed by atoms with E-state index in [1.54, 1.807) is 24.3 Å². The monoisotopic (exact) mass is 665 g/mol. The van der Waals surface area contributed by atoms with Crippen molar-refractivity contribution in [2.24, 2.45) is 5.92 Å². The molecule has 1 saturated heterocycles. The van der Waals surface area contributed by atoms with E-state index in [9.17, 15) is 14.4 Å². The number of amides is 3. The summed E-state index contributed by atoms with van der Waals surface area (Å²) in [5, 5.41) is 17.2. The Balaban J connectivity index is 1.21. The van der Waals surface area contributed by atoms with Crippen LogP contribution in [0.2, 0.25) is 0 Å². The highest BCUT2D eigenvalue weighted by molar-refractivity contribution is 5.92. The largest absolute Gasteiger partial charge is 0.480 e. The summed E-state index contributed by atoms with van der Waals surface area (Å²) < 4.78 is 8.35. The van der Waals surface area contributed by atoms with Crippen molar-refractivity contribution in [2.75, 3.05) is 25.5 Å². The Morgan fingerprint density at radius 2 is 1.78 bits per heavy atom. The predicted molar refractivity (Wildman–Crippen MR) is 184 cm³/mol. The zero-order valence-electron chi connectivity index (χ0n) is 28.9. The number of nitrogens with one attached hydrogen (secondary N) is 3. The molecule has 3 aromatic heterocycles. The molecule has 49 heavy (non-hydrogen) atoms. The lowest BCUT2D eigenvalue weighted by Crippen LogP contribution is -2.51. The Morgan fingerprint density at radius 3 is 2.47 bits per heavy atom. The van der Waals surface area contributed by atoms with Crippen LogP contribution in [0.15, 0.2) is 60.8 Å². The van der Waals surface area contributed by atoms with Crippen LogP contribution in [0.3, 0.4) is 0 Å². The van der Waals surface area contributed by atoms with Gasteiger partial charge >= 0.3 is 6.03 Å². The molecular weight excluding hydrogens is 622 g/mol. The second kappa shape index (κ2) is 12.7. The van der Waals surface area contributed by atoms with Gasteiger partial charge in [-0.3, -0.25) is 19.3 Å².